The number of nitriles is 1. The average molecular weight is 331 g/mol. The molecule has 3 rings (SSSR count). The predicted molar refractivity (Wildman–Crippen MR) is 89.3 cm³/mol. The minimum Gasteiger partial charge on any atom is -0.315 e. The molecular weight excluding hydrogens is 316 g/mol. The van der Waals surface area contributed by atoms with Crippen LogP contribution in [0.25, 0.3) is 0 Å². The van der Waals surface area contributed by atoms with Crippen molar-refractivity contribution in [3.63, 3.8) is 0 Å². The van der Waals surface area contributed by atoms with Crippen LogP contribution in [0.1, 0.15) is 39.8 Å². The molecule has 0 spiro atoms. The van der Waals surface area contributed by atoms with E-state index in [1.54, 1.807) is 0 Å². The normalized spacial score (nSPS) is 14.7. The van der Waals surface area contributed by atoms with Crippen LogP contribution in [0.15, 0.2) is 30.3 Å². The van der Waals surface area contributed by atoms with Gasteiger partial charge in [-0.15, -0.1) is 22.9 Å². The molecule has 1 N–H and O–H groups in total. The maximum absolute atomic E-state index is 12.3. The standard InChI is InChI=1S/C17H15ClN2OS/c18-15(11-6-2-1-3-7-11)16(21)20-17-13(10-19)12-8-4-5-9-14(12)22-17/h1-3,6-7,15H,4-5,8-9H2,(H,20,21). The third-order valence-corrected chi connectivity index (χ3v) is 5.50. The number of amides is 1. The van der Waals surface area contributed by atoms with Gasteiger partial charge in [-0.1, -0.05) is 30.3 Å². The zero-order chi connectivity index (χ0) is 15.5. The zero-order valence-electron chi connectivity index (χ0n) is 11.9. The summed E-state index contributed by atoms with van der Waals surface area (Å²) in [6.45, 7) is 0. The van der Waals surface area contributed by atoms with Gasteiger partial charge in [0.1, 0.15) is 16.4 Å². The van der Waals surface area contributed by atoms with Gasteiger partial charge in [-0.05, 0) is 36.8 Å². The summed E-state index contributed by atoms with van der Waals surface area (Å²) >= 11 is 7.75. The molecule has 1 atom stereocenters. The Labute approximate surface area is 138 Å². The van der Waals surface area contributed by atoms with E-state index in [2.05, 4.69) is 11.4 Å². The van der Waals surface area contributed by atoms with Gasteiger partial charge in [0.25, 0.3) is 0 Å². The van der Waals surface area contributed by atoms with Gasteiger partial charge in [-0.3, -0.25) is 4.79 Å². The zero-order valence-corrected chi connectivity index (χ0v) is 13.5. The van der Waals surface area contributed by atoms with Crippen LogP contribution < -0.4 is 5.32 Å². The first-order valence-corrected chi connectivity index (χ1v) is 8.50. The van der Waals surface area contributed by atoms with Crippen LogP contribution in [0.2, 0.25) is 0 Å². The van der Waals surface area contributed by atoms with Crippen molar-refractivity contribution in [2.75, 3.05) is 5.32 Å². The molecule has 0 saturated carbocycles. The van der Waals surface area contributed by atoms with E-state index in [4.69, 9.17) is 11.6 Å². The second-order valence-corrected chi connectivity index (χ2v) is 6.83. The number of rotatable bonds is 3. The summed E-state index contributed by atoms with van der Waals surface area (Å²) in [5.41, 5.74) is 2.48. The van der Waals surface area contributed by atoms with Gasteiger partial charge in [0.2, 0.25) is 5.91 Å². The molecule has 0 saturated heterocycles. The molecule has 1 unspecified atom stereocenters. The molecule has 0 radical (unpaired) electrons. The Bertz CT molecular complexity index is 733. The van der Waals surface area contributed by atoms with Crippen molar-refractivity contribution in [1.29, 1.82) is 5.26 Å². The largest absolute Gasteiger partial charge is 0.315 e. The van der Waals surface area contributed by atoms with Crippen LogP contribution in [0.4, 0.5) is 5.00 Å². The molecule has 1 aromatic carbocycles. The van der Waals surface area contributed by atoms with Gasteiger partial charge in [0.05, 0.1) is 5.56 Å². The Hall–Kier alpha value is -1.83. The highest BCUT2D eigenvalue weighted by molar-refractivity contribution is 7.16. The van der Waals surface area contributed by atoms with E-state index in [0.717, 1.165) is 36.8 Å². The molecule has 0 bridgehead atoms. The average Bonchev–Trinajstić information content (AvgIpc) is 2.91. The van der Waals surface area contributed by atoms with Gasteiger partial charge < -0.3 is 5.32 Å². The summed E-state index contributed by atoms with van der Waals surface area (Å²) in [4.78, 5) is 13.6. The molecule has 1 amide bonds. The fraction of sp³-hybridized carbons (Fsp3) is 0.294. The number of nitrogens with one attached hydrogen (secondary N) is 1. The predicted octanol–water partition coefficient (Wildman–Crippen LogP) is 4.42. The number of fused-ring (bicyclic) bond motifs is 1. The van der Waals surface area contributed by atoms with Crippen molar-refractivity contribution in [3.05, 3.63) is 51.9 Å². The van der Waals surface area contributed by atoms with Crippen LogP contribution in [-0.4, -0.2) is 5.91 Å². The van der Waals surface area contributed by atoms with Crippen LogP contribution in [0.5, 0.6) is 0 Å². The quantitative estimate of drug-likeness (QED) is 0.847. The molecular formula is C17H15ClN2OS. The fourth-order valence-corrected chi connectivity index (χ4v) is 4.16. The van der Waals surface area contributed by atoms with Gasteiger partial charge in [-0.2, -0.15) is 5.26 Å². The van der Waals surface area contributed by atoms with Crippen molar-refractivity contribution in [1.82, 2.24) is 0 Å². The highest BCUT2D eigenvalue weighted by atomic mass is 35.5. The Kier molecular flexibility index (Phi) is 4.47. The lowest BCUT2D eigenvalue weighted by molar-refractivity contribution is -0.115. The molecule has 1 heterocycles. The second kappa shape index (κ2) is 6.51. The van der Waals surface area contributed by atoms with Crippen molar-refractivity contribution in [2.45, 2.75) is 31.1 Å². The van der Waals surface area contributed by atoms with Gasteiger partial charge in [0.15, 0.2) is 0 Å². The monoisotopic (exact) mass is 330 g/mol. The summed E-state index contributed by atoms with van der Waals surface area (Å²) in [6.07, 6.45) is 4.17. The van der Waals surface area contributed by atoms with Gasteiger partial charge in [0, 0.05) is 4.88 Å². The van der Waals surface area contributed by atoms with E-state index >= 15 is 0 Å². The van der Waals surface area contributed by atoms with Gasteiger partial charge >= 0.3 is 0 Å². The number of halogens is 1. The summed E-state index contributed by atoms with van der Waals surface area (Å²) < 4.78 is 0. The van der Waals surface area contributed by atoms with E-state index in [-0.39, 0.29) is 5.91 Å². The first-order chi connectivity index (χ1) is 10.7. The smallest absolute Gasteiger partial charge is 0.247 e. The van der Waals surface area contributed by atoms with Crippen molar-refractivity contribution in [2.24, 2.45) is 0 Å². The molecule has 1 aliphatic rings. The number of aryl methyl sites for hydroxylation is 1. The van der Waals surface area contributed by atoms with Crippen molar-refractivity contribution < 1.29 is 4.79 Å². The third kappa shape index (κ3) is 2.87. The Morgan fingerprint density at radius 3 is 2.73 bits per heavy atom. The van der Waals surface area contributed by atoms with E-state index in [0.29, 0.717) is 10.6 Å². The van der Waals surface area contributed by atoms with Crippen LogP contribution in [0, 0.1) is 11.3 Å². The number of thiophene rings is 1. The number of alkyl halides is 1. The number of nitrogens with zero attached hydrogens (tertiary/aromatic N) is 1. The lowest BCUT2D eigenvalue weighted by Gasteiger charge is -2.10. The first kappa shape index (κ1) is 15.1. The molecule has 0 aliphatic heterocycles. The minimum atomic E-state index is -0.758. The summed E-state index contributed by atoms with van der Waals surface area (Å²) in [5, 5.41) is 12.1. The minimum absolute atomic E-state index is 0.289. The maximum atomic E-state index is 12.3. The van der Waals surface area contributed by atoms with Gasteiger partial charge in [-0.25, -0.2) is 0 Å². The van der Waals surface area contributed by atoms with Crippen molar-refractivity contribution in [3.8, 4) is 6.07 Å². The van der Waals surface area contributed by atoms with Crippen LogP contribution >= 0.6 is 22.9 Å². The summed E-state index contributed by atoms with van der Waals surface area (Å²) in [5.74, 6) is -0.289. The molecule has 1 aromatic heterocycles. The summed E-state index contributed by atoms with van der Waals surface area (Å²) in [6, 6.07) is 11.5. The molecule has 22 heavy (non-hydrogen) atoms. The number of hydrogen-bond donors (Lipinski definition) is 1. The molecule has 2 aromatic rings. The third-order valence-electron chi connectivity index (χ3n) is 3.84. The Morgan fingerprint density at radius 1 is 1.27 bits per heavy atom. The lowest BCUT2D eigenvalue weighted by atomic mass is 9.96. The summed E-state index contributed by atoms with van der Waals surface area (Å²) in [7, 11) is 0. The number of carbonyl (C=O) groups is 1. The number of carbonyl (C=O) groups excluding carboxylic acids is 1. The van der Waals surface area contributed by atoms with E-state index < -0.39 is 5.38 Å². The number of benzene rings is 1. The number of hydrogen-bond acceptors (Lipinski definition) is 3. The Balaban J connectivity index is 1.83. The van der Waals surface area contributed by atoms with Crippen LogP contribution in [0.3, 0.4) is 0 Å². The molecule has 0 fully saturated rings. The molecule has 3 nitrogen and oxygen atoms in total. The van der Waals surface area contributed by atoms with E-state index in [1.165, 1.54) is 16.2 Å². The highest BCUT2D eigenvalue weighted by Gasteiger charge is 2.24. The highest BCUT2D eigenvalue weighted by Crippen LogP contribution is 2.38. The maximum Gasteiger partial charge on any atom is 0.247 e. The topological polar surface area (TPSA) is 52.9 Å². The Morgan fingerprint density at radius 2 is 2.00 bits per heavy atom. The lowest BCUT2D eigenvalue weighted by Crippen LogP contribution is -2.17. The van der Waals surface area contributed by atoms with Crippen molar-refractivity contribution >= 4 is 33.8 Å². The molecule has 112 valence electrons. The molecule has 5 heteroatoms. The second-order valence-electron chi connectivity index (χ2n) is 5.29. The molecule has 1 aliphatic carbocycles. The number of anilines is 1. The SMILES string of the molecule is N#Cc1c(NC(=O)C(Cl)c2ccccc2)sc2c1CCCC2. The van der Waals surface area contributed by atoms with E-state index in [1.807, 2.05) is 30.3 Å². The fourth-order valence-electron chi connectivity index (χ4n) is 2.72. The first-order valence-electron chi connectivity index (χ1n) is 7.25. The van der Waals surface area contributed by atoms with E-state index in [9.17, 15) is 10.1 Å². The van der Waals surface area contributed by atoms with Crippen LogP contribution in [-0.2, 0) is 17.6 Å².